The Morgan fingerprint density at radius 1 is 1.32 bits per heavy atom. The summed E-state index contributed by atoms with van der Waals surface area (Å²) in [6.07, 6.45) is 0.354. The fraction of sp³-hybridized carbons (Fsp3) is 0.350. The van der Waals surface area contributed by atoms with Gasteiger partial charge < -0.3 is 14.8 Å². The molecule has 1 aliphatic rings. The molecule has 25 heavy (non-hydrogen) atoms. The lowest BCUT2D eigenvalue weighted by molar-refractivity contribution is -0.141. The number of ether oxygens (including phenoxy) is 2. The number of halogens is 1. The van der Waals surface area contributed by atoms with E-state index in [1.807, 2.05) is 18.2 Å². The van der Waals surface area contributed by atoms with Crippen molar-refractivity contribution in [3.05, 3.63) is 57.1 Å². The van der Waals surface area contributed by atoms with Gasteiger partial charge in [-0.25, -0.2) is 0 Å². The van der Waals surface area contributed by atoms with Crippen molar-refractivity contribution in [3.8, 4) is 5.75 Å². The first-order valence-electron chi connectivity index (χ1n) is 8.31. The highest BCUT2D eigenvalue weighted by atomic mass is 79.9. The molecule has 1 N–H and O–H groups in total. The molecular formula is C20H22BrNO3. The Hall–Kier alpha value is -2.01. The molecule has 1 aliphatic heterocycles. The van der Waals surface area contributed by atoms with E-state index in [4.69, 9.17) is 9.47 Å². The van der Waals surface area contributed by atoms with Crippen LogP contribution in [-0.2, 0) is 16.1 Å². The summed E-state index contributed by atoms with van der Waals surface area (Å²) in [6.45, 7) is 5.49. The molecule has 0 aliphatic carbocycles. The summed E-state index contributed by atoms with van der Waals surface area (Å²) >= 11 is 3.64. The molecule has 0 radical (unpaired) electrons. The average Bonchev–Trinajstić information content (AvgIpc) is 3.01. The van der Waals surface area contributed by atoms with Gasteiger partial charge in [0.25, 0.3) is 0 Å². The van der Waals surface area contributed by atoms with Gasteiger partial charge in [-0.2, -0.15) is 0 Å². The number of aryl methyl sites for hydroxylation is 1. The zero-order valence-electron chi connectivity index (χ0n) is 14.7. The number of anilines is 1. The largest absolute Gasteiger partial charge is 0.493 e. The van der Waals surface area contributed by atoms with Crippen LogP contribution in [0.4, 0.5) is 5.69 Å². The van der Waals surface area contributed by atoms with Crippen molar-refractivity contribution in [1.29, 1.82) is 0 Å². The maximum absolute atomic E-state index is 11.5. The van der Waals surface area contributed by atoms with Crippen LogP contribution in [0, 0.1) is 13.8 Å². The summed E-state index contributed by atoms with van der Waals surface area (Å²) in [6, 6.07) is 10.4. The molecule has 2 aromatic rings. The average molecular weight is 404 g/mol. The molecule has 1 atom stereocenters. The van der Waals surface area contributed by atoms with E-state index in [2.05, 4.69) is 47.2 Å². The lowest BCUT2D eigenvalue weighted by atomic mass is 9.97. The van der Waals surface area contributed by atoms with E-state index in [9.17, 15) is 4.79 Å². The molecule has 0 spiro atoms. The molecule has 5 heteroatoms. The van der Waals surface area contributed by atoms with Gasteiger partial charge in [0.2, 0.25) is 0 Å². The van der Waals surface area contributed by atoms with Crippen molar-refractivity contribution >= 4 is 27.6 Å². The molecule has 0 saturated carbocycles. The number of rotatable bonds is 5. The van der Waals surface area contributed by atoms with Gasteiger partial charge in [-0.05, 0) is 36.6 Å². The van der Waals surface area contributed by atoms with Crippen LogP contribution in [0.15, 0.2) is 34.8 Å². The van der Waals surface area contributed by atoms with Crippen LogP contribution >= 0.6 is 15.9 Å². The molecule has 0 aromatic heterocycles. The van der Waals surface area contributed by atoms with Crippen LogP contribution in [0.5, 0.6) is 5.75 Å². The monoisotopic (exact) mass is 403 g/mol. The van der Waals surface area contributed by atoms with Crippen molar-refractivity contribution in [2.45, 2.75) is 32.7 Å². The van der Waals surface area contributed by atoms with E-state index in [0.29, 0.717) is 13.0 Å². The fourth-order valence-electron chi connectivity index (χ4n) is 3.09. The van der Waals surface area contributed by atoms with Gasteiger partial charge in [-0.3, -0.25) is 4.79 Å². The lowest BCUT2D eigenvalue weighted by Crippen LogP contribution is -2.09. The summed E-state index contributed by atoms with van der Waals surface area (Å²) in [5.74, 6) is 0.719. The quantitative estimate of drug-likeness (QED) is 0.733. The molecule has 1 heterocycles. The van der Waals surface area contributed by atoms with Gasteiger partial charge in [0.1, 0.15) is 5.75 Å². The lowest BCUT2D eigenvalue weighted by Gasteiger charge is -2.13. The van der Waals surface area contributed by atoms with Crippen molar-refractivity contribution in [1.82, 2.24) is 0 Å². The van der Waals surface area contributed by atoms with E-state index in [1.165, 1.54) is 23.8 Å². The number of benzene rings is 2. The van der Waals surface area contributed by atoms with E-state index < -0.39 is 0 Å². The molecule has 4 nitrogen and oxygen atoms in total. The molecule has 0 unspecified atom stereocenters. The number of methoxy groups -OCH3 is 1. The third kappa shape index (κ3) is 3.82. The van der Waals surface area contributed by atoms with Crippen LogP contribution in [0.3, 0.4) is 0 Å². The minimum absolute atomic E-state index is 0.0757. The number of carbonyl (C=O) groups is 1. The Morgan fingerprint density at radius 3 is 2.88 bits per heavy atom. The van der Waals surface area contributed by atoms with Gasteiger partial charge >= 0.3 is 5.97 Å². The zero-order valence-corrected chi connectivity index (χ0v) is 16.3. The molecule has 2 aromatic carbocycles. The van der Waals surface area contributed by atoms with E-state index >= 15 is 0 Å². The van der Waals surface area contributed by atoms with Gasteiger partial charge in [-0.1, -0.05) is 34.1 Å². The predicted molar refractivity (Wildman–Crippen MR) is 102 cm³/mol. The maximum Gasteiger partial charge on any atom is 0.306 e. The SMILES string of the molecule is COC(=O)C[C@@H]1COc2cc(NCc3ccc(C)c(Br)c3C)ccc21. The first-order valence-corrected chi connectivity index (χ1v) is 9.11. The standard InChI is InChI=1S/C20H22BrNO3/c1-12-4-5-14(13(2)20(12)21)10-22-16-6-7-17-15(8-19(23)24-3)11-25-18(17)9-16/h4-7,9,15,22H,8,10-11H2,1-3H3/t15-/m1/s1. The summed E-state index contributed by atoms with van der Waals surface area (Å²) in [5.41, 5.74) is 5.83. The fourth-order valence-corrected chi connectivity index (χ4v) is 3.48. The second-order valence-corrected chi connectivity index (χ2v) is 7.17. The highest BCUT2D eigenvalue weighted by Gasteiger charge is 2.26. The number of hydrogen-bond acceptors (Lipinski definition) is 4. The van der Waals surface area contributed by atoms with E-state index in [-0.39, 0.29) is 11.9 Å². The topological polar surface area (TPSA) is 47.6 Å². The molecule has 0 amide bonds. The predicted octanol–water partition coefficient (Wildman–Crippen LogP) is 4.72. The number of carbonyl (C=O) groups excluding carboxylic acids is 1. The summed E-state index contributed by atoms with van der Waals surface area (Å²) in [7, 11) is 1.41. The molecular weight excluding hydrogens is 382 g/mol. The molecule has 0 bridgehead atoms. The summed E-state index contributed by atoms with van der Waals surface area (Å²) in [5, 5.41) is 3.45. The van der Waals surface area contributed by atoms with Crippen LogP contribution < -0.4 is 10.1 Å². The van der Waals surface area contributed by atoms with Gasteiger partial charge in [0.05, 0.1) is 20.1 Å². The van der Waals surface area contributed by atoms with Crippen molar-refractivity contribution in [2.24, 2.45) is 0 Å². The van der Waals surface area contributed by atoms with Crippen LogP contribution in [0.1, 0.15) is 34.6 Å². The number of fused-ring (bicyclic) bond motifs is 1. The summed E-state index contributed by atoms with van der Waals surface area (Å²) < 4.78 is 11.7. The van der Waals surface area contributed by atoms with Gasteiger partial charge in [0, 0.05) is 34.3 Å². The smallest absolute Gasteiger partial charge is 0.306 e. The van der Waals surface area contributed by atoms with Gasteiger partial charge in [0.15, 0.2) is 0 Å². The second-order valence-electron chi connectivity index (χ2n) is 6.37. The Labute approximate surface area is 156 Å². The minimum atomic E-state index is -0.205. The molecule has 132 valence electrons. The Kier molecular flexibility index (Phi) is 5.33. The Balaban J connectivity index is 1.70. The second kappa shape index (κ2) is 7.48. The van der Waals surface area contributed by atoms with Crippen LogP contribution in [-0.4, -0.2) is 19.7 Å². The number of esters is 1. The highest BCUT2D eigenvalue weighted by Crippen LogP contribution is 2.38. The molecule has 0 fully saturated rings. The Bertz CT molecular complexity index is 804. The minimum Gasteiger partial charge on any atom is -0.493 e. The third-order valence-corrected chi connectivity index (χ3v) is 5.93. The van der Waals surface area contributed by atoms with Crippen molar-refractivity contribution < 1.29 is 14.3 Å². The highest BCUT2D eigenvalue weighted by molar-refractivity contribution is 9.10. The van der Waals surface area contributed by atoms with E-state index in [1.54, 1.807) is 0 Å². The van der Waals surface area contributed by atoms with Crippen molar-refractivity contribution in [3.63, 3.8) is 0 Å². The Morgan fingerprint density at radius 2 is 2.12 bits per heavy atom. The zero-order chi connectivity index (χ0) is 18.0. The van der Waals surface area contributed by atoms with Gasteiger partial charge in [-0.15, -0.1) is 0 Å². The molecule has 3 rings (SSSR count). The molecule has 0 saturated heterocycles. The van der Waals surface area contributed by atoms with Crippen LogP contribution in [0.2, 0.25) is 0 Å². The number of nitrogens with one attached hydrogen (secondary N) is 1. The normalized spacial score (nSPS) is 15.4. The first-order chi connectivity index (χ1) is 12.0. The van der Waals surface area contributed by atoms with Crippen molar-refractivity contribution in [2.75, 3.05) is 19.0 Å². The maximum atomic E-state index is 11.5. The summed E-state index contributed by atoms with van der Waals surface area (Å²) in [4.78, 5) is 11.5. The first kappa shape index (κ1) is 17.8. The third-order valence-electron chi connectivity index (χ3n) is 4.71. The van der Waals surface area contributed by atoms with E-state index in [0.717, 1.165) is 28.0 Å². The van der Waals surface area contributed by atoms with Crippen LogP contribution in [0.25, 0.3) is 0 Å². The number of hydrogen-bond donors (Lipinski definition) is 1.